The third kappa shape index (κ3) is 1.99. The molecule has 3 rings (SSSR count). The number of hydrogen-bond acceptors (Lipinski definition) is 3. The summed E-state index contributed by atoms with van der Waals surface area (Å²) >= 11 is 0. The molecule has 0 aliphatic rings. The molecule has 2 aromatic carbocycles. The largest absolute Gasteiger partial charge is 0.458 e. The molecule has 0 amide bonds. The van der Waals surface area contributed by atoms with E-state index < -0.39 is 5.60 Å². The maximum atomic E-state index is 13.2. The molecule has 3 aromatic rings. The summed E-state index contributed by atoms with van der Waals surface area (Å²) in [6, 6.07) is 14.9. The number of hydrogen-bond donors (Lipinski definition) is 2. The van der Waals surface area contributed by atoms with Crippen molar-refractivity contribution >= 4 is 11.0 Å². The van der Waals surface area contributed by atoms with Gasteiger partial charge in [-0.15, -0.1) is 0 Å². The van der Waals surface area contributed by atoms with Crippen LogP contribution in [0.15, 0.2) is 59.0 Å². The zero-order valence-electron chi connectivity index (χ0n) is 10.7. The summed E-state index contributed by atoms with van der Waals surface area (Å²) in [4.78, 5) is 0. The molecule has 0 saturated carbocycles. The molecule has 1 atom stereocenters. The van der Waals surface area contributed by atoms with Crippen LogP contribution >= 0.6 is 0 Å². The van der Waals surface area contributed by atoms with Gasteiger partial charge in [0.2, 0.25) is 0 Å². The summed E-state index contributed by atoms with van der Waals surface area (Å²) in [5.41, 5.74) is 5.48. The highest BCUT2D eigenvalue weighted by Crippen LogP contribution is 2.33. The van der Waals surface area contributed by atoms with Gasteiger partial charge in [0.25, 0.3) is 0 Å². The van der Waals surface area contributed by atoms with Gasteiger partial charge in [-0.2, -0.15) is 0 Å². The van der Waals surface area contributed by atoms with Crippen LogP contribution in [0.25, 0.3) is 11.0 Å². The molecule has 0 saturated heterocycles. The molecule has 20 heavy (non-hydrogen) atoms. The second-order valence-electron chi connectivity index (χ2n) is 4.72. The van der Waals surface area contributed by atoms with Crippen molar-refractivity contribution in [3.05, 3.63) is 71.7 Å². The van der Waals surface area contributed by atoms with Crippen LogP contribution in [0.5, 0.6) is 0 Å². The van der Waals surface area contributed by atoms with Crippen molar-refractivity contribution < 1.29 is 13.9 Å². The van der Waals surface area contributed by atoms with Gasteiger partial charge < -0.3 is 15.3 Å². The van der Waals surface area contributed by atoms with Gasteiger partial charge in [-0.25, -0.2) is 4.39 Å². The predicted molar refractivity (Wildman–Crippen MR) is 74.7 cm³/mol. The van der Waals surface area contributed by atoms with E-state index in [2.05, 4.69) is 0 Å². The number of aliphatic hydroxyl groups is 1. The third-order valence-corrected chi connectivity index (χ3v) is 3.43. The van der Waals surface area contributed by atoms with E-state index in [1.54, 1.807) is 18.2 Å². The number of fused-ring (bicyclic) bond motifs is 1. The number of rotatable bonds is 3. The highest BCUT2D eigenvalue weighted by atomic mass is 19.1. The van der Waals surface area contributed by atoms with Crippen LogP contribution in [0.4, 0.5) is 4.39 Å². The molecular weight excluding hydrogens is 257 g/mol. The molecule has 1 heterocycles. The minimum atomic E-state index is -1.42. The summed E-state index contributed by atoms with van der Waals surface area (Å²) in [5.74, 6) is -0.0346. The number of furan rings is 1. The molecule has 0 aliphatic heterocycles. The summed E-state index contributed by atoms with van der Waals surface area (Å²) in [6.45, 7) is -0.0285. The smallest absolute Gasteiger partial charge is 0.159 e. The molecule has 4 heteroatoms. The number of nitrogens with two attached hydrogens (primary N) is 1. The fraction of sp³-hybridized carbons (Fsp3) is 0.125. The highest BCUT2D eigenvalue weighted by Gasteiger charge is 2.33. The average Bonchev–Trinajstić information content (AvgIpc) is 2.90. The summed E-state index contributed by atoms with van der Waals surface area (Å²) in [6.07, 6.45) is 0. The van der Waals surface area contributed by atoms with Crippen molar-refractivity contribution in [1.82, 2.24) is 0 Å². The standard InChI is InChI=1S/C16H14FNO2/c17-13-6-7-14-11(8-13)9-15(20-14)16(19,10-18)12-4-2-1-3-5-12/h1-9,19H,10,18H2. The Balaban J connectivity index is 2.16. The number of benzene rings is 2. The fourth-order valence-corrected chi connectivity index (χ4v) is 2.29. The van der Waals surface area contributed by atoms with Crippen molar-refractivity contribution in [3.8, 4) is 0 Å². The molecule has 3 nitrogen and oxygen atoms in total. The van der Waals surface area contributed by atoms with Gasteiger partial charge in [0.05, 0.1) is 0 Å². The molecule has 3 N–H and O–H groups in total. The summed E-state index contributed by atoms with van der Waals surface area (Å²) < 4.78 is 18.9. The third-order valence-electron chi connectivity index (χ3n) is 3.43. The zero-order valence-corrected chi connectivity index (χ0v) is 10.7. The Labute approximate surface area is 115 Å². The van der Waals surface area contributed by atoms with Crippen LogP contribution in [-0.4, -0.2) is 11.7 Å². The first-order valence-corrected chi connectivity index (χ1v) is 6.31. The molecule has 102 valence electrons. The maximum absolute atomic E-state index is 13.2. The van der Waals surface area contributed by atoms with Crippen LogP contribution in [0.2, 0.25) is 0 Å². The lowest BCUT2D eigenvalue weighted by Crippen LogP contribution is -2.35. The first kappa shape index (κ1) is 12.8. The predicted octanol–water partition coefficient (Wildman–Crippen LogP) is 2.77. The molecule has 0 spiro atoms. The topological polar surface area (TPSA) is 59.4 Å². The SMILES string of the molecule is NCC(O)(c1ccccc1)c1cc2cc(F)ccc2o1. The minimum Gasteiger partial charge on any atom is -0.458 e. The molecule has 1 unspecified atom stereocenters. The Bertz CT molecular complexity index is 739. The Morgan fingerprint density at radius 2 is 1.85 bits per heavy atom. The van der Waals surface area contributed by atoms with Gasteiger partial charge in [-0.1, -0.05) is 30.3 Å². The second-order valence-corrected chi connectivity index (χ2v) is 4.72. The molecule has 1 aromatic heterocycles. The van der Waals surface area contributed by atoms with E-state index in [-0.39, 0.29) is 12.4 Å². The summed E-state index contributed by atoms with van der Waals surface area (Å²) in [5, 5.41) is 11.4. The summed E-state index contributed by atoms with van der Waals surface area (Å²) in [7, 11) is 0. The molecule has 0 fully saturated rings. The monoisotopic (exact) mass is 271 g/mol. The van der Waals surface area contributed by atoms with E-state index in [1.807, 2.05) is 18.2 Å². The van der Waals surface area contributed by atoms with Crippen LogP contribution in [0.3, 0.4) is 0 Å². The van der Waals surface area contributed by atoms with Crippen LogP contribution < -0.4 is 5.73 Å². The van der Waals surface area contributed by atoms with Crippen LogP contribution in [0.1, 0.15) is 11.3 Å². The van der Waals surface area contributed by atoms with Crippen LogP contribution in [-0.2, 0) is 5.60 Å². The van der Waals surface area contributed by atoms with E-state index in [1.165, 1.54) is 18.2 Å². The Hall–Kier alpha value is -2.17. The van der Waals surface area contributed by atoms with Crippen LogP contribution in [0, 0.1) is 5.82 Å². The number of halogens is 1. The highest BCUT2D eigenvalue weighted by molar-refractivity contribution is 5.78. The molecule has 0 bridgehead atoms. The van der Waals surface area contributed by atoms with Gasteiger partial charge in [-0.3, -0.25) is 0 Å². The maximum Gasteiger partial charge on any atom is 0.159 e. The van der Waals surface area contributed by atoms with Crippen molar-refractivity contribution in [2.75, 3.05) is 6.54 Å². The van der Waals surface area contributed by atoms with Gasteiger partial charge >= 0.3 is 0 Å². The zero-order chi connectivity index (χ0) is 14.2. The molecule has 0 radical (unpaired) electrons. The van der Waals surface area contributed by atoms with Gasteiger partial charge in [-0.05, 0) is 29.8 Å². The van der Waals surface area contributed by atoms with Gasteiger partial charge in [0.1, 0.15) is 17.2 Å². The van der Waals surface area contributed by atoms with Gasteiger partial charge in [0.15, 0.2) is 5.60 Å². The fourth-order valence-electron chi connectivity index (χ4n) is 2.29. The molecular formula is C16H14FNO2. The lowest BCUT2D eigenvalue weighted by Gasteiger charge is -2.24. The van der Waals surface area contributed by atoms with Crippen molar-refractivity contribution in [1.29, 1.82) is 0 Å². The van der Waals surface area contributed by atoms with Crippen molar-refractivity contribution in [3.63, 3.8) is 0 Å². The van der Waals surface area contributed by atoms with E-state index in [0.717, 1.165) is 0 Å². The first-order valence-electron chi connectivity index (χ1n) is 6.31. The average molecular weight is 271 g/mol. The lowest BCUT2D eigenvalue weighted by atomic mass is 9.91. The lowest BCUT2D eigenvalue weighted by molar-refractivity contribution is 0.0675. The normalized spacial score (nSPS) is 14.3. The first-order chi connectivity index (χ1) is 9.63. The minimum absolute atomic E-state index is 0.0285. The van der Waals surface area contributed by atoms with Crippen molar-refractivity contribution in [2.24, 2.45) is 5.73 Å². The van der Waals surface area contributed by atoms with Crippen molar-refractivity contribution in [2.45, 2.75) is 5.60 Å². The Morgan fingerprint density at radius 3 is 2.55 bits per heavy atom. The van der Waals surface area contributed by atoms with Gasteiger partial charge in [0, 0.05) is 11.9 Å². The van der Waals surface area contributed by atoms with E-state index in [0.29, 0.717) is 22.3 Å². The molecule has 0 aliphatic carbocycles. The quantitative estimate of drug-likeness (QED) is 0.770. The van der Waals surface area contributed by atoms with E-state index in [4.69, 9.17) is 10.2 Å². The second kappa shape index (κ2) is 4.74. The Kier molecular flexibility index (Phi) is 3.04. The van der Waals surface area contributed by atoms with E-state index >= 15 is 0 Å². The Morgan fingerprint density at radius 1 is 1.10 bits per heavy atom. The van der Waals surface area contributed by atoms with E-state index in [9.17, 15) is 9.50 Å².